The maximum atomic E-state index is 13.5. The highest BCUT2D eigenvalue weighted by atomic mass is 19.1. The lowest BCUT2D eigenvalue weighted by atomic mass is 10.1. The molecule has 1 aromatic carbocycles. The number of hydrogen-bond donors (Lipinski definition) is 3. The summed E-state index contributed by atoms with van der Waals surface area (Å²) in [6, 6.07) is 3.79. The summed E-state index contributed by atoms with van der Waals surface area (Å²) in [5, 5.41) is 21.4. The molecule has 3 N–H and O–H groups in total. The number of halogens is 1. The SMILES string of the molecule is O=C(O)c1ccc(F)c(CNCC2CCC(O)C2)c1. The fourth-order valence-electron chi connectivity index (χ4n) is 2.49. The summed E-state index contributed by atoms with van der Waals surface area (Å²) in [7, 11) is 0. The molecule has 0 aliphatic heterocycles. The summed E-state index contributed by atoms with van der Waals surface area (Å²) >= 11 is 0. The van der Waals surface area contributed by atoms with Gasteiger partial charge in [0.15, 0.2) is 0 Å². The number of rotatable bonds is 5. The van der Waals surface area contributed by atoms with E-state index in [4.69, 9.17) is 5.11 Å². The maximum Gasteiger partial charge on any atom is 0.335 e. The highest BCUT2D eigenvalue weighted by Gasteiger charge is 2.22. The number of nitrogens with one attached hydrogen (secondary N) is 1. The van der Waals surface area contributed by atoms with Crippen LogP contribution in [0, 0.1) is 11.7 Å². The van der Waals surface area contributed by atoms with E-state index in [9.17, 15) is 14.3 Å². The van der Waals surface area contributed by atoms with Crippen molar-refractivity contribution in [3.05, 3.63) is 35.1 Å². The van der Waals surface area contributed by atoms with E-state index in [-0.39, 0.29) is 11.7 Å². The predicted molar refractivity (Wildman–Crippen MR) is 68.4 cm³/mol. The van der Waals surface area contributed by atoms with E-state index in [2.05, 4.69) is 5.32 Å². The molecule has 1 aliphatic carbocycles. The molecule has 0 heterocycles. The molecular formula is C14H18FNO3. The topological polar surface area (TPSA) is 69.6 Å². The minimum atomic E-state index is -1.06. The molecule has 1 aliphatic rings. The van der Waals surface area contributed by atoms with Crippen molar-refractivity contribution in [1.82, 2.24) is 5.32 Å². The zero-order chi connectivity index (χ0) is 13.8. The molecular weight excluding hydrogens is 249 g/mol. The fraction of sp³-hybridized carbons (Fsp3) is 0.500. The third-order valence-corrected chi connectivity index (χ3v) is 3.55. The van der Waals surface area contributed by atoms with Gasteiger partial charge in [0.1, 0.15) is 5.82 Å². The summed E-state index contributed by atoms with van der Waals surface area (Å²) in [5.41, 5.74) is 0.452. The minimum absolute atomic E-state index is 0.0921. The molecule has 104 valence electrons. The second-order valence-corrected chi connectivity index (χ2v) is 5.08. The second kappa shape index (κ2) is 6.12. The standard InChI is InChI=1S/C14H18FNO3/c15-13-4-2-10(14(18)19)6-11(13)8-16-7-9-1-3-12(17)5-9/h2,4,6,9,12,16-17H,1,3,5,7-8H2,(H,18,19). The average molecular weight is 267 g/mol. The molecule has 0 aromatic heterocycles. The van der Waals surface area contributed by atoms with Crippen LogP contribution in [0.5, 0.6) is 0 Å². The largest absolute Gasteiger partial charge is 0.478 e. The molecule has 4 nitrogen and oxygen atoms in total. The lowest BCUT2D eigenvalue weighted by Gasteiger charge is -2.11. The van der Waals surface area contributed by atoms with Gasteiger partial charge in [0.25, 0.3) is 0 Å². The predicted octanol–water partition coefficient (Wildman–Crippen LogP) is 1.77. The van der Waals surface area contributed by atoms with Gasteiger partial charge in [0.2, 0.25) is 0 Å². The fourth-order valence-corrected chi connectivity index (χ4v) is 2.49. The lowest BCUT2D eigenvalue weighted by molar-refractivity contribution is 0.0696. The van der Waals surface area contributed by atoms with Crippen LogP contribution in [0.15, 0.2) is 18.2 Å². The Kier molecular flexibility index (Phi) is 4.50. The van der Waals surface area contributed by atoms with Gasteiger partial charge in [-0.05, 0) is 49.9 Å². The van der Waals surface area contributed by atoms with E-state index >= 15 is 0 Å². The van der Waals surface area contributed by atoms with Gasteiger partial charge in [-0.3, -0.25) is 0 Å². The normalized spacial score (nSPS) is 22.6. The third-order valence-electron chi connectivity index (χ3n) is 3.55. The Labute approximate surface area is 111 Å². The van der Waals surface area contributed by atoms with E-state index in [0.717, 1.165) is 19.3 Å². The number of hydrogen-bond acceptors (Lipinski definition) is 3. The van der Waals surface area contributed by atoms with Crippen molar-refractivity contribution in [1.29, 1.82) is 0 Å². The van der Waals surface area contributed by atoms with Crippen molar-refractivity contribution >= 4 is 5.97 Å². The molecule has 1 saturated carbocycles. The van der Waals surface area contributed by atoms with Crippen LogP contribution < -0.4 is 5.32 Å². The first kappa shape index (κ1) is 14.0. The Morgan fingerprint density at radius 1 is 1.42 bits per heavy atom. The number of carbonyl (C=O) groups is 1. The first-order valence-corrected chi connectivity index (χ1v) is 6.46. The van der Waals surface area contributed by atoms with E-state index in [0.29, 0.717) is 24.6 Å². The highest BCUT2D eigenvalue weighted by Crippen LogP contribution is 2.24. The summed E-state index contributed by atoms with van der Waals surface area (Å²) in [6.45, 7) is 1.02. The summed E-state index contributed by atoms with van der Waals surface area (Å²) in [4.78, 5) is 10.8. The molecule has 0 amide bonds. The van der Waals surface area contributed by atoms with Gasteiger partial charge in [-0.15, -0.1) is 0 Å². The quantitative estimate of drug-likeness (QED) is 0.760. The van der Waals surface area contributed by atoms with Gasteiger partial charge >= 0.3 is 5.97 Å². The van der Waals surface area contributed by atoms with Crippen LogP contribution in [0.4, 0.5) is 4.39 Å². The molecule has 19 heavy (non-hydrogen) atoms. The lowest BCUT2D eigenvalue weighted by Crippen LogP contribution is -2.22. The first-order chi connectivity index (χ1) is 9.06. The Hall–Kier alpha value is -1.46. The van der Waals surface area contributed by atoms with E-state index < -0.39 is 11.8 Å². The van der Waals surface area contributed by atoms with Gasteiger partial charge in [0, 0.05) is 12.1 Å². The van der Waals surface area contributed by atoms with Crippen molar-refractivity contribution in [2.75, 3.05) is 6.54 Å². The van der Waals surface area contributed by atoms with Crippen molar-refractivity contribution in [3.8, 4) is 0 Å². The summed E-state index contributed by atoms with van der Waals surface area (Å²) in [6.07, 6.45) is 2.38. The molecule has 0 bridgehead atoms. The minimum Gasteiger partial charge on any atom is -0.478 e. The van der Waals surface area contributed by atoms with Crippen LogP contribution in [-0.2, 0) is 6.54 Å². The van der Waals surface area contributed by atoms with Gasteiger partial charge in [-0.25, -0.2) is 9.18 Å². The van der Waals surface area contributed by atoms with Crippen molar-refractivity contribution < 1.29 is 19.4 Å². The van der Waals surface area contributed by atoms with Crippen LogP contribution in [0.1, 0.15) is 35.2 Å². The van der Waals surface area contributed by atoms with E-state index in [1.165, 1.54) is 18.2 Å². The van der Waals surface area contributed by atoms with Crippen molar-refractivity contribution in [2.24, 2.45) is 5.92 Å². The number of benzene rings is 1. The van der Waals surface area contributed by atoms with Crippen LogP contribution in [0.25, 0.3) is 0 Å². The molecule has 2 unspecified atom stereocenters. The Balaban J connectivity index is 1.88. The van der Waals surface area contributed by atoms with Crippen LogP contribution >= 0.6 is 0 Å². The molecule has 2 atom stereocenters. The Morgan fingerprint density at radius 3 is 2.84 bits per heavy atom. The van der Waals surface area contributed by atoms with Crippen molar-refractivity contribution in [3.63, 3.8) is 0 Å². The van der Waals surface area contributed by atoms with E-state index in [1.54, 1.807) is 0 Å². The second-order valence-electron chi connectivity index (χ2n) is 5.08. The first-order valence-electron chi connectivity index (χ1n) is 6.46. The van der Waals surface area contributed by atoms with Gasteiger partial charge in [-0.2, -0.15) is 0 Å². The zero-order valence-corrected chi connectivity index (χ0v) is 10.6. The Morgan fingerprint density at radius 2 is 2.21 bits per heavy atom. The number of carboxylic acids is 1. The van der Waals surface area contributed by atoms with Gasteiger partial charge in [-0.1, -0.05) is 0 Å². The zero-order valence-electron chi connectivity index (χ0n) is 10.6. The third kappa shape index (κ3) is 3.75. The molecule has 1 aromatic rings. The molecule has 0 saturated heterocycles. The van der Waals surface area contributed by atoms with Crippen LogP contribution in [-0.4, -0.2) is 28.8 Å². The number of aliphatic hydroxyl groups is 1. The number of aliphatic hydroxyl groups excluding tert-OH is 1. The van der Waals surface area contributed by atoms with Crippen LogP contribution in [0.2, 0.25) is 0 Å². The molecule has 0 radical (unpaired) electrons. The Bertz CT molecular complexity index is 464. The smallest absolute Gasteiger partial charge is 0.335 e. The monoisotopic (exact) mass is 267 g/mol. The summed E-state index contributed by atoms with van der Waals surface area (Å²) < 4.78 is 13.5. The van der Waals surface area contributed by atoms with E-state index in [1.807, 2.05) is 0 Å². The summed E-state index contributed by atoms with van der Waals surface area (Å²) in [5.74, 6) is -1.04. The highest BCUT2D eigenvalue weighted by molar-refractivity contribution is 5.87. The number of carboxylic acid groups (broad SMARTS) is 1. The maximum absolute atomic E-state index is 13.5. The van der Waals surface area contributed by atoms with Crippen molar-refractivity contribution in [2.45, 2.75) is 31.9 Å². The van der Waals surface area contributed by atoms with Crippen LogP contribution in [0.3, 0.4) is 0 Å². The molecule has 5 heteroatoms. The molecule has 2 rings (SSSR count). The average Bonchev–Trinajstić information content (AvgIpc) is 2.77. The van der Waals surface area contributed by atoms with Gasteiger partial charge < -0.3 is 15.5 Å². The molecule has 1 fully saturated rings. The molecule has 0 spiro atoms. The number of aromatic carboxylic acids is 1. The van der Waals surface area contributed by atoms with Gasteiger partial charge in [0.05, 0.1) is 11.7 Å².